The molecule has 7 nitrogen and oxygen atoms in total. The minimum atomic E-state index is -3.11. The number of benzene rings is 2. The summed E-state index contributed by atoms with van der Waals surface area (Å²) in [5.74, 6) is 0.0135. The number of likely N-dealkylation sites (tertiary alicyclic amines) is 1. The maximum absolute atomic E-state index is 12.9. The van der Waals surface area contributed by atoms with E-state index in [4.69, 9.17) is 16.3 Å². The minimum absolute atomic E-state index is 0.0313. The summed E-state index contributed by atoms with van der Waals surface area (Å²) in [6.07, 6.45) is 0.476. The molecule has 4 rings (SSSR count). The van der Waals surface area contributed by atoms with Gasteiger partial charge in [0.1, 0.15) is 5.75 Å². The number of hydrogen-bond acceptors (Lipinski definition) is 5. The van der Waals surface area contributed by atoms with Gasteiger partial charge in [0.2, 0.25) is 11.8 Å². The first-order chi connectivity index (χ1) is 14.3. The summed E-state index contributed by atoms with van der Waals surface area (Å²) in [7, 11) is -3.11. The van der Waals surface area contributed by atoms with E-state index in [1.807, 2.05) is 18.2 Å². The molecule has 2 saturated heterocycles. The molecule has 2 atom stereocenters. The number of para-hydroxylation sites is 1. The van der Waals surface area contributed by atoms with E-state index in [1.54, 1.807) is 30.3 Å². The average molecular weight is 449 g/mol. The number of nitrogens with zero attached hydrogens (tertiary/aromatic N) is 1. The Kier molecular flexibility index (Phi) is 5.71. The summed E-state index contributed by atoms with van der Waals surface area (Å²) < 4.78 is 29.3. The fourth-order valence-electron chi connectivity index (χ4n) is 3.82. The Balaban J connectivity index is 1.46. The van der Waals surface area contributed by atoms with Gasteiger partial charge in [-0.05, 0) is 36.8 Å². The Hall–Kier alpha value is -2.58. The fourth-order valence-corrected chi connectivity index (χ4v) is 5.72. The lowest BCUT2D eigenvalue weighted by Gasteiger charge is -2.23. The number of halogens is 1. The third-order valence-corrected chi connectivity index (χ3v) is 7.33. The highest BCUT2D eigenvalue weighted by molar-refractivity contribution is 7.91. The van der Waals surface area contributed by atoms with Crippen molar-refractivity contribution in [3.05, 3.63) is 53.6 Å². The van der Waals surface area contributed by atoms with Crippen molar-refractivity contribution in [1.29, 1.82) is 0 Å². The van der Waals surface area contributed by atoms with Gasteiger partial charge >= 0.3 is 0 Å². The first-order valence-electron chi connectivity index (χ1n) is 9.64. The second-order valence-corrected chi connectivity index (χ2v) is 10.2. The Morgan fingerprint density at radius 1 is 1.17 bits per heavy atom. The molecule has 2 amide bonds. The average Bonchev–Trinajstić information content (AvgIpc) is 3.26. The SMILES string of the molecule is O=C(Nc1cc(Cl)ccc1Oc1ccccc1)C1CC(=O)N(C2CCS(=O)(=O)C2)C1. The molecule has 0 bridgehead atoms. The molecule has 9 heteroatoms. The number of carbonyl (C=O) groups excluding carboxylic acids is 2. The van der Waals surface area contributed by atoms with Crippen molar-refractivity contribution in [2.24, 2.45) is 5.92 Å². The number of hydrogen-bond donors (Lipinski definition) is 1. The molecule has 158 valence electrons. The largest absolute Gasteiger partial charge is 0.455 e. The zero-order valence-corrected chi connectivity index (χ0v) is 17.7. The maximum Gasteiger partial charge on any atom is 0.229 e. The summed E-state index contributed by atoms with van der Waals surface area (Å²) in [4.78, 5) is 26.8. The van der Waals surface area contributed by atoms with Crippen LogP contribution in [0.3, 0.4) is 0 Å². The smallest absolute Gasteiger partial charge is 0.229 e. The van der Waals surface area contributed by atoms with E-state index in [1.165, 1.54) is 4.90 Å². The molecule has 2 fully saturated rings. The molecule has 2 unspecified atom stereocenters. The predicted octanol–water partition coefficient (Wildman–Crippen LogP) is 3.11. The molecule has 0 saturated carbocycles. The maximum atomic E-state index is 12.9. The van der Waals surface area contributed by atoms with Gasteiger partial charge in [-0.15, -0.1) is 0 Å². The lowest BCUT2D eigenvalue weighted by Crippen LogP contribution is -2.38. The van der Waals surface area contributed by atoms with Crippen LogP contribution in [0.25, 0.3) is 0 Å². The number of ether oxygens (including phenoxy) is 1. The van der Waals surface area contributed by atoms with E-state index in [0.29, 0.717) is 28.6 Å². The van der Waals surface area contributed by atoms with Gasteiger partial charge in [-0.2, -0.15) is 0 Å². The van der Waals surface area contributed by atoms with Crippen LogP contribution in [0, 0.1) is 5.92 Å². The Morgan fingerprint density at radius 2 is 1.93 bits per heavy atom. The molecule has 2 aromatic rings. The Morgan fingerprint density at radius 3 is 2.63 bits per heavy atom. The summed E-state index contributed by atoms with van der Waals surface area (Å²) >= 11 is 6.10. The molecule has 30 heavy (non-hydrogen) atoms. The fraction of sp³-hybridized carbons (Fsp3) is 0.333. The number of sulfone groups is 1. The molecular formula is C21H21ClN2O5S. The van der Waals surface area contributed by atoms with Gasteiger partial charge in [-0.25, -0.2) is 8.42 Å². The van der Waals surface area contributed by atoms with Crippen LogP contribution in [0.2, 0.25) is 5.02 Å². The second kappa shape index (κ2) is 8.28. The van der Waals surface area contributed by atoms with Gasteiger partial charge in [0.25, 0.3) is 0 Å². The number of rotatable bonds is 5. The highest BCUT2D eigenvalue weighted by Crippen LogP contribution is 2.33. The van der Waals surface area contributed by atoms with Crippen molar-refractivity contribution in [1.82, 2.24) is 4.90 Å². The van der Waals surface area contributed by atoms with Gasteiger partial charge in [0, 0.05) is 24.0 Å². The van der Waals surface area contributed by atoms with Crippen LogP contribution in [0.15, 0.2) is 48.5 Å². The normalized spacial score (nSPS) is 22.8. The zero-order valence-electron chi connectivity index (χ0n) is 16.1. The van der Waals surface area contributed by atoms with Gasteiger partial charge in [0.05, 0.1) is 23.1 Å². The molecule has 0 aromatic heterocycles. The molecule has 2 aliphatic heterocycles. The van der Waals surface area contributed by atoms with Crippen LogP contribution in [-0.2, 0) is 19.4 Å². The first-order valence-corrected chi connectivity index (χ1v) is 11.8. The summed E-state index contributed by atoms with van der Waals surface area (Å²) in [5, 5.41) is 3.25. The summed E-state index contributed by atoms with van der Waals surface area (Å²) in [6.45, 7) is 0.209. The van der Waals surface area contributed by atoms with E-state index in [-0.39, 0.29) is 42.3 Å². The third kappa shape index (κ3) is 4.60. The van der Waals surface area contributed by atoms with Gasteiger partial charge < -0.3 is 15.0 Å². The van der Waals surface area contributed by atoms with Crippen LogP contribution in [-0.4, -0.2) is 49.2 Å². The van der Waals surface area contributed by atoms with E-state index < -0.39 is 15.8 Å². The lowest BCUT2D eigenvalue weighted by molar-refractivity contribution is -0.129. The highest BCUT2D eigenvalue weighted by Gasteiger charge is 2.42. The zero-order chi connectivity index (χ0) is 21.3. The predicted molar refractivity (Wildman–Crippen MR) is 113 cm³/mol. The van der Waals surface area contributed by atoms with E-state index in [0.717, 1.165) is 0 Å². The third-order valence-electron chi connectivity index (χ3n) is 5.35. The van der Waals surface area contributed by atoms with Crippen LogP contribution >= 0.6 is 11.6 Å². The molecule has 2 aromatic carbocycles. The monoisotopic (exact) mass is 448 g/mol. The number of amides is 2. The summed E-state index contributed by atoms with van der Waals surface area (Å²) in [6, 6.07) is 13.7. The van der Waals surface area contributed by atoms with Crippen molar-refractivity contribution in [2.45, 2.75) is 18.9 Å². The number of carbonyl (C=O) groups is 2. The van der Waals surface area contributed by atoms with E-state index in [2.05, 4.69) is 5.32 Å². The van der Waals surface area contributed by atoms with E-state index >= 15 is 0 Å². The number of nitrogens with one attached hydrogen (secondary N) is 1. The molecule has 2 aliphatic rings. The van der Waals surface area contributed by atoms with Crippen LogP contribution < -0.4 is 10.1 Å². The lowest BCUT2D eigenvalue weighted by atomic mass is 10.1. The van der Waals surface area contributed by atoms with Crippen LogP contribution in [0.1, 0.15) is 12.8 Å². The van der Waals surface area contributed by atoms with Crippen molar-refractivity contribution >= 4 is 38.9 Å². The van der Waals surface area contributed by atoms with Crippen LogP contribution in [0.4, 0.5) is 5.69 Å². The Labute approximate surface area is 179 Å². The van der Waals surface area contributed by atoms with E-state index in [9.17, 15) is 18.0 Å². The van der Waals surface area contributed by atoms with Crippen molar-refractivity contribution in [3.8, 4) is 11.5 Å². The molecule has 1 N–H and O–H groups in total. The van der Waals surface area contributed by atoms with Gasteiger partial charge in [-0.3, -0.25) is 9.59 Å². The molecule has 0 aliphatic carbocycles. The second-order valence-electron chi connectivity index (χ2n) is 7.55. The molecular weight excluding hydrogens is 428 g/mol. The van der Waals surface area contributed by atoms with Crippen LogP contribution in [0.5, 0.6) is 11.5 Å². The Bertz CT molecular complexity index is 1070. The van der Waals surface area contributed by atoms with Crippen molar-refractivity contribution in [2.75, 3.05) is 23.4 Å². The molecule has 0 spiro atoms. The molecule has 2 heterocycles. The minimum Gasteiger partial charge on any atom is -0.455 e. The molecule has 0 radical (unpaired) electrons. The van der Waals surface area contributed by atoms with Gasteiger partial charge in [-0.1, -0.05) is 29.8 Å². The highest BCUT2D eigenvalue weighted by atomic mass is 35.5. The summed E-state index contributed by atoms with van der Waals surface area (Å²) in [5.41, 5.74) is 0.408. The van der Waals surface area contributed by atoms with Crippen molar-refractivity contribution < 1.29 is 22.7 Å². The quantitative estimate of drug-likeness (QED) is 0.758. The van der Waals surface area contributed by atoms with Gasteiger partial charge in [0.15, 0.2) is 15.6 Å². The topological polar surface area (TPSA) is 92.8 Å². The number of anilines is 1. The standard InChI is InChI=1S/C21H21ClN2O5S/c22-15-6-7-19(29-17-4-2-1-3-5-17)18(11-15)23-21(26)14-10-20(25)24(12-14)16-8-9-30(27,28)13-16/h1-7,11,14,16H,8-10,12-13H2,(H,23,26). The first kappa shape index (κ1) is 20.7. The van der Waals surface area contributed by atoms with Crippen molar-refractivity contribution in [3.63, 3.8) is 0 Å².